The van der Waals surface area contributed by atoms with E-state index in [2.05, 4.69) is 29.6 Å². The normalized spacial score (nSPS) is 15.0. The van der Waals surface area contributed by atoms with Gasteiger partial charge in [0.15, 0.2) is 0 Å². The van der Waals surface area contributed by atoms with Crippen LogP contribution >= 0.6 is 11.8 Å². The summed E-state index contributed by atoms with van der Waals surface area (Å²) in [5.74, 6) is 0.388. The first-order valence-electron chi connectivity index (χ1n) is 11.2. The van der Waals surface area contributed by atoms with Gasteiger partial charge in [0, 0.05) is 24.5 Å². The van der Waals surface area contributed by atoms with Crippen LogP contribution in [0.25, 0.3) is 0 Å². The van der Waals surface area contributed by atoms with Gasteiger partial charge in [0.2, 0.25) is 26.0 Å². The number of hydrogen-bond donors (Lipinski definition) is 1. The molecule has 0 spiro atoms. The molecule has 3 rings (SSSR count). The van der Waals surface area contributed by atoms with E-state index in [0.29, 0.717) is 19.8 Å². The summed E-state index contributed by atoms with van der Waals surface area (Å²) in [4.78, 5) is 13.7. The van der Waals surface area contributed by atoms with Gasteiger partial charge >= 0.3 is 0 Å². The number of rotatable bonds is 11. The summed E-state index contributed by atoms with van der Waals surface area (Å²) in [6.07, 6.45) is 1.74. The Kier molecular flexibility index (Phi) is 9.59. The maximum atomic E-state index is 12.8. The van der Waals surface area contributed by atoms with Gasteiger partial charge in [-0.1, -0.05) is 17.7 Å². The van der Waals surface area contributed by atoms with Crippen molar-refractivity contribution in [1.29, 1.82) is 0 Å². The van der Waals surface area contributed by atoms with Crippen molar-refractivity contribution in [2.75, 3.05) is 55.7 Å². The molecule has 1 aliphatic heterocycles. The van der Waals surface area contributed by atoms with Crippen molar-refractivity contribution in [2.24, 2.45) is 0 Å². The maximum Gasteiger partial charge on any atom is 0.243 e. The van der Waals surface area contributed by atoms with Crippen LogP contribution in [0.3, 0.4) is 0 Å². The number of hydrogen-bond acceptors (Lipinski definition) is 7. The van der Waals surface area contributed by atoms with E-state index in [4.69, 9.17) is 4.74 Å². The lowest BCUT2D eigenvalue weighted by molar-refractivity contribution is -0.119. The standard InChI is InChI=1S/C23H31N3O6S3/c1-19-4-8-21(9-5-19)33-17-3-12-24-23(27)18-26(34(2,28)29)20-6-10-22(11-7-20)35(30,31)25-13-15-32-16-14-25/h4-11H,3,12-18H2,1-2H3,(H,24,27). The van der Waals surface area contributed by atoms with E-state index in [1.807, 2.05) is 6.92 Å². The van der Waals surface area contributed by atoms with Crippen molar-refractivity contribution in [3.63, 3.8) is 0 Å². The predicted octanol–water partition coefficient (Wildman–Crippen LogP) is 2.08. The molecular weight excluding hydrogens is 510 g/mol. The highest BCUT2D eigenvalue weighted by Crippen LogP contribution is 2.23. The minimum absolute atomic E-state index is 0.0622. The molecule has 2 aromatic rings. The zero-order valence-corrected chi connectivity index (χ0v) is 22.3. The van der Waals surface area contributed by atoms with Gasteiger partial charge < -0.3 is 10.1 Å². The van der Waals surface area contributed by atoms with E-state index < -0.39 is 26.0 Å². The fourth-order valence-corrected chi connectivity index (χ4v) is 6.55. The highest BCUT2D eigenvalue weighted by Gasteiger charge is 2.27. The molecule has 35 heavy (non-hydrogen) atoms. The second-order valence-electron chi connectivity index (χ2n) is 8.15. The third kappa shape index (κ3) is 7.94. The number of aryl methyl sites for hydroxylation is 1. The highest BCUT2D eigenvalue weighted by atomic mass is 32.2. The molecule has 1 aliphatic rings. The average molecular weight is 542 g/mol. The predicted molar refractivity (Wildman–Crippen MR) is 138 cm³/mol. The first-order chi connectivity index (χ1) is 16.6. The van der Waals surface area contributed by atoms with Crippen LogP contribution in [0.1, 0.15) is 12.0 Å². The van der Waals surface area contributed by atoms with E-state index in [-0.39, 0.29) is 30.2 Å². The van der Waals surface area contributed by atoms with Gasteiger partial charge in [-0.2, -0.15) is 4.31 Å². The first kappa shape index (κ1) is 27.5. The number of anilines is 1. The van der Waals surface area contributed by atoms with Crippen LogP contribution in [0.5, 0.6) is 0 Å². The van der Waals surface area contributed by atoms with E-state index in [0.717, 1.165) is 27.6 Å². The molecule has 2 aromatic carbocycles. The van der Waals surface area contributed by atoms with Gasteiger partial charge in [0.1, 0.15) is 6.54 Å². The summed E-state index contributed by atoms with van der Waals surface area (Å²) in [5.41, 5.74) is 1.42. The summed E-state index contributed by atoms with van der Waals surface area (Å²) in [6.45, 7) is 3.27. The summed E-state index contributed by atoms with van der Waals surface area (Å²) in [5, 5.41) is 2.76. The Hall–Kier alpha value is -2.12. The smallest absolute Gasteiger partial charge is 0.243 e. The molecule has 1 saturated heterocycles. The van der Waals surface area contributed by atoms with Gasteiger partial charge in [0.25, 0.3) is 0 Å². The molecule has 0 aliphatic carbocycles. The van der Waals surface area contributed by atoms with Gasteiger partial charge in [-0.05, 0) is 55.5 Å². The number of benzene rings is 2. The third-order valence-corrected chi connectivity index (χ3v) is 9.50. The Morgan fingerprint density at radius 1 is 1.03 bits per heavy atom. The minimum Gasteiger partial charge on any atom is -0.379 e. The number of morpholine rings is 1. The van der Waals surface area contributed by atoms with Crippen molar-refractivity contribution < 1.29 is 26.4 Å². The van der Waals surface area contributed by atoms with Crippen LogP contribution in [0, 0.1) is 6.92 Å². The monoisotopic (exact) mass is 541 g/mol. The molecule has 0 saturated carbocycles. The third-order valence-electron chi connectivity index (χ3n) is 5.35. The van der Waals surface area contributed by atoms with Crippen molar-refractivity contribution in [3.05, 3.63) is 54.1 Å². The highest BCUT2D eigenvalue weighted by molar-refractivity contribution is 7.99. The molecule has 1 fully saturated rings. The van der Waals surface area contributed by atoms with Gasteiger partial charge in [-0.25, -0.2) is 16.8 Å². The number of carbonyl (C=O) groups excluding carboxylic acids is 1. The number of nitrogens with zero attached hydrogens (tertiary/aromatic N) is 2. The lowest BCUT2D eigenvalue weighted by atomic mass is 10.2. The molecule has 0 bridgehead atoms. The second-order valence-corrected chi connectivity index (χ2v) is 13.2. The SMILES string of the molecule is Cc1ccc(SCCCNC(=O)CN(c2ccc(S(=O)(=O)N3CCOCC3)cc2)S(C)(=O)=O)cc1. The van der Waals surface area contributed by atoms with Crippen LogP contribution < -0.4 is 9.62 Å². The lowest BCUT2D eigenvalue weighted by Gasteiger charge is -2.26. The van der Waals surface area contributed by atoms with Crippen LogP contribution in [-0.4, -0.2) is 78.4 Å². The van der Waals surface area contributed by atoms with Crippen LogP contribution in [0.2, 0.25) is 0 Å². The number of sulfonamides is 2. The Labute approximate surface area is 211 Å². The number of amides is 1. The minimum atomic E-state index is -3.76. The van der Waals surface area contributed by atoms with Crippen molar-refractivity contribution in [3.8, 4) is 0 Å². The number of nitrogens with one attached hydrogen (secondary N) is 1. The molecule has 1 N–H and O–H groups in total. The largest absolute Gasteiger partial charge is 0.379 e. The van der Waals surface area contributed by atoms with Crippen molar-refractivity contribution in [1.82, 2.24) is 9.62 Å². The zero-order valence-electron chi connectivity index (χ0n) is 19.8. The fraction of sp³-hybridized carbons (Fsp3) is 0.435. The molecule has 0 atom stereocenters. The number of thioether (sulfide) groups is 1. The average Bonchev–Trinajstić information content (AvgIpc) is 2.83. The van der Waals surface area contributed by atoms with Crippen LogP contribution in [0.4, 0.5) is 5.69 Å². The fourth-order valence-electron chi connectivity index (χ4n) is 3.43. The first-order valence-corrected chi connectivity index (χ1v) is 15.5. The van der Waals surface area contributed by atoms with E-state index in [1.165, 1.54) is 34.1 Å². The van der Waals surface area contributed by atoms with E-state index in [1.54, 1.807) is 11.8 Å². The zero-order chi connectivity index (χ0) is 25.5. The second kappa shape index (κ2) is 12.2. The Balaban J connectivity index is 1.55. The maximum absolute atomic E-state index is 12.8. The molecule has 1 heterocycles. The van der Waals surface area contributed by atoms with Gasteiger partial charge in [-0.15, -0.1) is 11.8 Å². The molecule has 12 heteroatoms. The Morgan fingerprint density at radius 3 is 2.26 bits per heavy atom. The lowest BCUT2D eigenvalue weighted by Crippen LogP contribution is -2.41. The molecule has 192 valence electrons. The van der Waals surface area contributed by atoms with Gasteiger partial charge in [-0.3, -0.25) is 9.10 Å². The van der Waals surface area contributed by atoms with Crippen molar-refractivity contribution in [2.45, 2.75) is 23.1 Å². The molecule has 1 amide bonds. The topological polar surface area (TPSA) is 113 Å². The quantitative estimate of drug-likeness (QED) is 0.342. The van der Waals surface area contributed by atoms with E-state index >= 15 is 0 Å². The van der Waals surface area contributed by atoms with Crippen LogP contribution in [0.15, 0.2) is 58.3 Å². The van der Waals surface area contributed by atoms with Crippen molar-refractivity contribution >= 4 is 43.4 Å². The molecule has 0 radical (unpaired) electrons. The van der Waals surface area contributed by atoms with Crippen LogP contribution in [-0.2, 0) is 29.6 Å². The summed E-state index contributed by atoms with van der Waals surface area (Å²) in [6, 6.07) is 13.7. The summed E-state index contributed by atoms with van der Waals surface area (Å²) in [7, 11) is -7.46. The Morgan fingerprint density at radius 2 is 1.66 bits per heavy atom. The number of carbonyl (C=O) groups is 1. The Bertz CT molecular complexity index is 1190. The molecule has 0 aromatic heterocycles. The summed E-state index contributed by atoms with van der Waals surface area (Å²) < 4.78 is 57.8. The van der Waals surface area contributed by atoms with Gasteiger partial charge in [0.05, 0.1) is 30.1 Å². The molecular formula is C23H31N3O6S3. The van der Waals surface area contributed by atoms with E-state index in [9.17, 15) is 21.6 Å². The number of ether oxygens (including phenoxy) is 1. The summed E-state index contributed by atoms with van der Waals surface area (Å²) >= 11 is 1.69. The molecule has 0 unspecified atom stereocenters. The molecule has 9 nitrogen and oxygen atoms in total.